The van der Waals surface area contributed by atoms with Crippen LogP contribution in [0.5, 0.6) is 0 Å². The molecule has 0 saturated heterocycles. The molecule has 1 atom stereocenters. The predicted octanol–water partition coefficient (Wildman–Crippen LogP) is 2.27. The first kappa shape index (κ1) is 11.7. The van der Waals surface area contributed by atoms with Crippen molar-refractivity contribution in [2.24, 2.45) is 5.41 Å². The summed E-state index contributed by atoms with van der Waals surface area (Å²) in [5, 5.41) is 25.2. The van der Waals surface area contributed by atoms with Crippen LogP contribution in [0.15, 0.2) is 23.1 Å². The van der Waals surface area contributed by atoms with E-state index >= 15 is 0 Å². The van der Waals surface area contributed by atoms with Crippen LogP contribution in [0.3, 0.4) is 0 Å². The Hall–Kier alpha value is -2.33. The van der Waals surface area contributed by atoms with Crippen molar-refractivity contribution >= 4 is 0 Å². The fourth-order valence-electron chi connectivity index (χ4n) is 1.15. The molecule has 0 aromatic heterocycles. The summed E-state index contributed by atoms with van der Waals surface area (Å²) < 4.78 is 52.6. The van der Waals surface area contributed by atoms with E-state index in [4.69, 9.17) is 15.8 Å². The fourth-order valence-corrected chi connectivity index (χ4v) is 1.15. The minimum Gasteiger partial charge on any atom is -0.236 e. The molecule has 16 heavy (non-hydrogen) atoms. The van der Waals surface area contributed by atoms with Crippen molar-refractivity contribution < 1.29 is 17.6 Å². The van der Waals surface area contributed by atoms with Crippen LogP contribution < -0.4 is 0 Å². The van der Waals surface area contributed by atoms with E-state index in [0.717, 1.165) is 18.2 Å². The highest BCUT2D eigenvalue weighted by Gasteiger charge is 2.54. The maximum atomic E-state index is 13.3. The number of allylic oxidation sites excluding steroid dienone is 4. The second-order valence-corrected chi connectivity index (χ2v) is 2.86. The van der Waals surface area contributed by atoms with E-state index in [0.29, 0.717) is 0 Å². The summed E-state index contributed by atoms with van der Waals surface area (Å²) in [6.07, 6.45) is -3.02. The second kappa shape index (κ2) is 3.67. The zero-order chi connectivity index (χ0) is 12.5. The van der Waals surface area contributed by atoms with E-state index in [-0.39, 0.29) is 0 Å². The summed E-state index contributed by atoms with van der Waals surface area (Å²) in [6.45, 7) is 0. The van der Waals surface area contributed by atoms with Crippen molar-refractivity contribution in [3.8, 4) is 18.2 Å². The lowest BCUT2D eigenvalue weighted by atomic mass is 9.79. The van der Waals surface area contributed by atoms with Crippen LogP contribution in [-0.2, 0) is 0 Å². The normalized spacial score (nSPS) is 23.4. The largest absolute Gasteiger partial charge is 0.236 e. The van der Waals surface area contributed by atoms with E-state index in [2.05, 4.69) is 0 Å². The van der Waals surface area contributed by atoms with Gasteiger partial charge < -0.3 is 0 Å². The number of rotatable bonds is 0. The quantitative estimate of drug-likeness (QED) is 0.596. The molecule has 0 N–H and O–H groups in total. The Morgan fingerprint density at radius 3 is 1.94 bits per heavy atom. The molecule has 0 heterocycles. The zero-order valence-electron chi connectivity index (χ0n) is 7.43. The maximum absolute atomic E-state index is 13.3. The second-order valence-electron chi connectivity index (χ2n) is 2.86. The number of hydrogen-bond donors (Lipinski definition) is 0. The summed E-state index contributed by atoms with van der Waals surface area (Å²) in [5.74, 6) is -6.05. The Morgan fingerprint density at radius 2 is 1.56 bits per heavy atom. The molecule has 0 bridgehead atoms. The molecule has 0 aromatic rings. The van der Waals surface area contributed by atoms with Crippen LogP contribution >= 0.6 is 0 Å². The van der Waals surface area contributed by atoms with Gasteiger partial charge in [0.05, 0.1) is 12.1 Å². The third-order valence-electron chi connectivity index (χ3n) is 2.06. The number of halogens is 4. The van der Waals surface area contributed by atoms with Crippen LogP contribution in [0.25, 0.3) is 0 Å². The topological polar surface area (TPSA) is 71.4 Å². The van der Waals surface area contributed by atoms with Crippen molar-refractivity contribution in [1.82, 2.24) is 0 Å². The van der Waals surface area contributed by atoms with Gasteiger partial charge in [-0.2, -0.15) is 15.8 Å². The lowest BCUT2D eigenvalue weighted by Gasteiger charge is -2.24. The average Bonchev–Trinajstić information content (AvgIpc) is 2.29. The van der Waals surface area contributed by atoms with Crippen molar-refractivity contribution in [2.45, 2.75) is 6.17 Å². The number of nitriles is 3. The van der Waals surface area contributed by atoms with E-state index in [9.17, 15) is 17.6 Å². The highest BCUT2D eigenvalue weighted by molar-refractivity contribution is 5.53. The van der Waals surface area contributed by atoms with Gasteiger partial charge >= 0.3 is 0 Å². The van der Waals surface area contributed by atoms with E-state index in [1.54, 1.807) is 0 Å². The summed E-state index contributed by atoms with van der Waals surface area (Å²) >= 11 is 0. The van der Waals surface area contributed by atoms with Gasteiger partial charge in [0.2, 0.25) is 5.41 Å². The smallest absolute Gasteiger partial charge is 0.234 e. The van der Waals surface area contributed by atoms with E-state index < -0.39 is 34.6 Å². The van der Waals surface area contributed by atoms with Gasteiger partial charge in [-0.05, 0) is 0 Å². The van der Waals surface area contributed by atoms with Gasteiger partial charge in [-0.1, -0.05) is 0 Å². The molecule has 3 nitrogen and oxygen atoms in total. The summed E-state index contributed by atoms with van der Waals surface area (Å²) in [5.41, 5.74) is -4.67. The lowest BCUT2D eigenvalue weighted by molar-refractivity contribution is 0.205. The molecule has 0 radical (unpaired) electrons. The van der Waals surface area contributed by atoms with Crippen molar-refractivity contribution in [1.29, 1.82) is 15.8 Å². The molecule has 0 fully saturated rings. The van der Waals surface area contributed by atoms with Gasteiger partial charge in [0.25, 0.3) is 0 Å². The molecular weight excluding hydrogens is 226 g/mol. The highest BCUT2D eigenvalue weighted by atomic mass is 19.2. The molecule has 0 amide bonds. The van der Waals surface area contributed by atoms with Crippen molar-refractivity contribution in [3.63, 3.8) is 0 Å². The SMILES string of the molecule is N#CC1=C(F)C(F)C(C#N)(C#N)C(F)=C1F. The third-order valence-corrected chi connectivity index (χ3v) is 2.06. The molecule has 0 spiro atoms. The van der Waals surface area contributed by atoms with Crippen LogP contribution in [0.4, 0.5) is 17.6 Å². The van der Waals surface area contributed by atoms with Gasteiger partial charge in [0.1, 0.15) is 11.6 Å². The van der Waals surface area contributed by atoms with Crippen LogP contribution in [0.1, 0.15) is 0 Å². The number of alkyl halides is 1. The highest BCUT2D eigenvalue weighted by Crippen LogP contribution is 2.46. The Kier molecular flexibility index (Phi) is 2.70. The van der Waals surface area contributed by atoms with Gasteiger partial charge in [0.15, 0.2) is 23.7 Å². The van der Waals surface area contributed by atoms with E-state index in [1.807, 2.05) is 0 Å². The molecule has 1 unspecified atom stereocenters. The monoisotopic (exact) mass is 227 g/mol. The molecule has 1 rings (SSSR count). The van der Waals surface area contributed by atoms with Crippen molar-refractivity contribution in [3.05, 3.63) is 23.1 Å². The Labute approximate surface area is 87.1 Å². The van der Waals surface area contributed by atoms with E-state index in [1.165, 1.54) is 0 Å². The maximum Gasteiger partial charge on any atom is 0.234 e. The Balaban J connectivity index is 3.63. The molecule has 0 aliphatic heterocycles. The van der Waals surface area contributed by atoms with Crippen LogP contribution in [0, 0.1) is 39.4 Å². The van der Waals surface area contributed by atoms with Gasteiger partial charge in [-0.15, -0.1) is 0 Å². The standard InChI is InChI=1S/C9HF4N3/c10-5-4(1-14)6(11)8(13)9(2-15,3-16)7(5)12/h7H. The predicted molar refractivity (Wildman–Crippen MR) is 41.5 cm³/mol. The Morgan fingerprint density at radius 1 is 1.06 bits per heavy atom. The number of nitrogens with zero attached hydrogens (tertiary/aromatic N) is 3. The molecule has 7 heteroatoms. The molecule has 80 valence electrons. The molecule has 0 saturated carbocycles. The molecule has 0 aromatic carbocycles. The first-order chi connectivity index (χ1) is 7.46. The lowest BCUT2D eigenvalue weighted by Crippen LogP contribution is -2.34. The van der Waals surface area contributed by atoms with Gasteiger partial charge in [-0.3, -0.25) is 0 Å². The first-order valence-electron chi connectivity index (χ1n) is 3.78. The average molecular weight is 227 g/mol. The van der Waals surface area contributed by atoms with Crippen LogP contribution in [-0.4, -0.2) is 6.17 Å². The van der Waals surface area contributed by atoms with Crippen molar-refractivity contribution in [2.75, 3.05) is 0 Å². The molecule has 1 aliphatic rings. The Bertz CT molecular complexity index is 512. The minimum atomic E-state index is -3.20. The van der Waals surface area contributed by atoms with Gasteiger partial charge in [-0.25, -0.2) is 17.6 Å². The zero-order valence-corrected chi connectivity index (χ0v) is 7.43. The minimum absolute atomic E-state index is 0.880. The summed E-state index contributed by atoms with van der Waals surface area (Å²) in [7, 11) is 0. The fraction of sp³-hybridized carbons (Fsp3) is 0.222. The number of hydrogen-bond acceptors (Lipinski definition) is 3. The van der Waals surface area contributed by atoms with Crippen LogP contribution in [0.2, 0.25) is 0 Å². The molecule has 1 aliphatic carbocycles. The van der Waals surface area contributed by atoms with Gasteiger partial charge in [0, 0.05) is 0 Å². The summed E-state index contributed by atoms with van der Waals surface area (Å²) in [4.78, 5) is 0. The first-order valence-corrected chi connectivity index (χ1v) is 3.78. The summed E-state index contributed by atoms with van der Waals surface area (Å²) in [6, 6.07) is 2.68. The molecular formula is C9HF4N3. The third kappa shape index (κ3) is 1.17.